The summed E-state index contributed by atoms with van der Waals surface area (Å²) in [5.41, 5.74) is 1.29. The van der Waals surface area contributed by atoms with E-state index in [1.165, 1.54) is 31.5 Å². The molecular weight excluding hydrogens is 275 g/mol. The Kier molecular flexibility index (Phi) is 6.82. The minimum absolute atomic E-state index is 0. The Balaban J connectivity index is 0.00000144. The maximum absolute atomic E-state index is 6.14. The molecule has 0 saturated carbocycles. The number of nitrogens with zero attached hydrogens (tertiary/aromatic N) is 1. The molecule has 1 aliphatic rings. The zero-order valence-electron chi connectivity index (χ0n) is 10.1. The second-order valence-electron chi connectivity index (χ2n) is 4.52. The summed E-state index contributed by atoms with van der Waals surface area (Å²) in [6.45, 7) is 4.57. The normalized spacial score (nSPS) is 21.2. The van der Waals surface area contributed by atoms with Gasteiger partial charge in [0.2, 0.25) is 0 Å². The van der Waals surface area contributed by atoms with Gasteiger partial charge >= 0.3 is 0 Å². The Morgan fingerprint density at radius 2 is 2.41 bits per heavy atom. The van der Waals surface area contributed by atoms with Crippen LogP contribution in [0.15, 0.2) is 11.4 Å². The van der Waals surface area contributed by atoms with Gasteiger partial charge in [0.25, 0.3) is 0 Å². The molecule has 0 radical (unpaired) electrons. The van der Waals surface area contributed by atoms with E-state index in [0.717, 1.165) is 23.3 Å². The minimum Gasteiger partial charge on any atom is -0.319 e. The van der Waals surface area contributed by atoms with E-state index in [9.17, 15) is 0 Å². The molecule has 1 atom stereocenters. The molecule has 1 unspecified atom stereocenters. The quantitative estimate of drug-likeness (QED) is 0.917. The molecule has 1 aromatic rings. The Morgan fingerprint density at radius 3 is 3.06 bits per heavy atom. The van der Waals surface area contributed by atoms with Crippen LogP contribution in [0.25, 0.3) is 0 Å². The van der Waals surface area contributed by atoms with Gasteiger partial charge in [0.1, 0.15) is 0 Å². The lowest BCUT2D eigenvalue weighted by molar-refractivity contribution is 0.167. The van der Waals surface area contributed by atoms with Crippen molar-refractivity contribution in [3.8, 4) is 0 Å². The van der Waals surface area contributed by atoms with Gasteiger partial charge in [-0.1, -0.05) is 11.6 Å². The molecule has 0 aromatic carbocycles. The van der Waals surface area contributed by atoms with Crippen molar-refractivity contribution < 1.29 is 0 Å². The third-order valence-electron chi connectivity index (χ3n) is 3.18. The molecule has 1 N–H and O–H groups in total. The SMILES string of the molecule is CNCC1CCCN(Cc2ccsc2Cl)C1.Cl. The van der Waals surface area contributed by atoms with Crippen LogP contribution in [0.3, 0.4) is 0 Å². The van der Waals surface area contributed by atoms with Crippen LogP contribution in [0.4, 0.5) is 0 Å². The topological polar surface area (TPSA) is 15.3 Å². The zero-order valence-corrected chi connectivity index (χ0v) is 12.5. The smallest absolute Gasteiger partial charge is 0.0973 e. The molecule has 98 valence electrons. The van der Waals surface area contributed by atoms with E-state index >= 15 is 0 Å². The summed E-state index contributed by atoms with van der Waals surface area (Å²) < 4.78 is 0.954. The number of thiophene rings is 1. The van der Waals surface area contributed by atoms with Crippen LogP contribution in [0.1, 0.15) is 18.4 Å². The maximum Gasteiger partial charge on any atom is 0.0973 e. The molecule has 5 heteroatoms. The lowest BCUT2D eigenvalue weighted by Gasteiger charge is -2.32. The van der Waals surface area contributed by atoms with Gasteiger partial charge in [-0.2, -0.15) is 0 Å². The molecule has 0 bridgehead atoms. The first-order valence-electron chi connectivity index (χ1n) is 5.88. The highest BCUT2D eigenvalue weighted by Crippen LogP contribution is 2.26. The molecule has 0 amide bonds. The van der Waals surface area contributed by atoms with Gasteiger partial charge in [-0.3, -0.25) is 4.90 Å². The Bertz CT molecular complexity index is 328. The molecule has 2 nitrogen and oxygen atoms in total. The van der Waals surface area contributed by atoms with Crippen LogP contribution >= 0.6 is 35.3 Å². The van der Waals surface area contributed by atoms with Gasteiger partial charge in [0.15, 0.2) is 0 Å². The first-order valence-corrected chi connectivity index (χ1v) is 7.14. The van der Waals surface area contributed by atoms with Gasteiger partial charge in [-0.15, -0.1) is 23.7 Å². The number of hydrogen-bond donors (Lipinski definition) is 1. The lowest BCUT2D eigenvalue weighted by atomic mass is 9.98. The third kappa shape index (κ3) is 4.42. The molecule has 1 aliphatic heterocycles. The van der Waals surface area contributed by atoms with E-state index < -0.39 is 0 Å². The van der Waals surface area contributed by atoms with Gasteiger partial charge in [-0.25, -0.2) is 0 Å². The van der Waals surface area contributed by atoms with Crippen LogP contribution in [0.5, 0.6) is 0 Å². The largest absolute Gasteiger partial charge is 0.319 e. The van der Waals surface area contributed by atoms with Crippen molar-refractivity contribution in [2.45, 2.75) is 19.4 Å². The summed E-state index contributed by atoms with van der Waals surface area (Å²) in [7, 11) is 2.04. The Hall–Kier alpha value is 0.200. The van der Waals surface area contributed by atoms with Crippen LogP contribution < -0.4 is 5.32 Å². The van der Waals surface area contributed by atoms with Gasteiger partial charge < -0.3 is 5.32 Å². The summed E-state index contributed by atoms with van der Waals surface area (Å²) in [5, 5.41) is 5.35. The minimum atomic E-state index is 0. The van der Waals surface area contributed by atoms with E-state index in [0.29, 0.717) is 0 Å². The molecule has 2 heterocycles. The highest BCUT2D eigenvalue weighted by atomic mass is 35.5. The number of piperidine rings is 1. The number of rotatable bonds is 4. The average Bonchev–Trinajstić information content (AvgIpc) is 2.66. The van der Waals surface area contributed by atoms with Crippen molar-refractivity contribution in [3.05, 3.63) is 21.3 Å². The van der Waals surface area contributed by atoms with Crippen molar-refractivity contribution in [3.63, 3.8) is 0 Å². The highest BCUT2D eigenvalue weighted by Gasteiger charge is 2.19. The number of likely N-dealkylation sites (tertiary alicyclic amines) is 1. The van der Waals surface area contributed by atoms with Crippen molar-refractivity contribution in [1.29, 1.82) is 0 Å². The first-order chi connectivity index (χ1) is 7.79. The summed E-state index contributed by atoms with van der Waals surface area (Å²) >= 11 is 7.77. The third-order valence-corrected chi connectivity index (χ3v) is 4.43. The number of hydrogen-bond acceptors (Lipinski definition) is 3. The predicted molar refractivity (Wildman–Crippen MR) is 78.5 cm³/mol. The summed E-state index contributed by atoms with van der Waals surface area (Å²) in [6, 6.07) is 2.15. The maximum atomic E-state index is 6.14. The van der Waals surface area contributed by atoms with E-state index in [1.807, 2.05) is 7.05 Å². The van der Waals surface area contributed by atoms with Crippen molar-refractivity contribution in [2.24, 2.45) is 5.92 Å². The van der Waals surface area contributed by atoms with Crippen molar-refractivity contribution in [2.75, 3.05) is 26.7 Å². The second kappa shape index (κ2) is 7.59. The summed E-state index contributed by atoms with van der Waals surface area (Å²) in [6.07, 6.45) is 2.67. The summed E-state index contributed by atoms with van der Waals surface area (Å²) in [5.74, 6) is 0.802. The van der Waals surface area contributed by atoms with Crippen LogP contribution in [-0.4, -0.2) is 31.6 Å². The van der Waals surface area contributed by atoms with E-state index in [-0.39, 0.29) is 12.4 Å². The summed E-state index contributed by atoms with van der Waals surface area (Å²) in [4.78, 5) is 2.53. The fourth-order valence-electron chi connectivity index (χ4n) is 2.42. The molecular formula is C12H20Cl2N2S. The standard InChI is InChI=1S/C12H19ClN2S.ClH/c1-14-7-10-3-2-5-15(8-10)9-11-4-6-16-12(11)13;/h4,6,10,14H,2-3,5,7-9H2,1H3;1H. The van der Waals surface area contributed by atoms with E-state index in [4.69, 9.17) is 11.6 Å². The molecule has 0 aliphatic carbocycles. The molecule has 17 heavy (non-hydrogen) atoms. The van der Waals surface area contributed by atoms with Crippen LogP contribution in [0.2, 0.25) is 4.34 Å². The molecule has 1 saturated heterocycles. The van der Waals surface area contributed by atoms with Crippen molar-refractivity contribution >= 4 is 35.3 Å². The van der Waals surface area contributed by atoms with Crippen LogP contribution in [0, 0.1) is 5.92 Å². The highest BCUT2D eigenvalue weighted by molar-refractivity contribution is 7.14. The fraction of sp³-hybridized carbons (Fsp3) is 0.667. The van der Waals surface area contributed by atoms with Gasteiger partial charge in [0, 0.05) is 13.1 Å². The first kappa shape index (κ1) is 15.3. The van der Waals surface area contributed by atoms with Gasteiger partial charge in [-0.05, 0) is 55.9 Å². The van der Waals surface area contributed by atoms with Gasteiger partial charge in [0.05, 0.1) is 4.34 Å². The zero-order chi connectivity index (χ0) is 11.4. The Labute approximate surface area is 119 Å². The average molecular weight is 295 g/mol. The molecule has 1 aromatic heterocycles. The van der Waals surface area contributed by atoms with E-state index in [2.05, 4.69) is 21.7 Å². The predicted octanol–water partition coefficient (Wildman–Crippen LogP) is 3.25. The lowest BCUT2D eigenvalue weighted by Crippen LogP contribution is -2.38. The molecule has 0 spiro atoms. The Morgan fingerprint density at radius 1 is 1.59 bits per heavy atom. The number of nitrogens with one attached hydrogen (secondary N) is 1. The van der Waals surface area contributed by atoms with Crippen molar-refractivity contribution in [1.82, 2.24) is 10.2 Å². The fourth-order valence-corrected chi connectivity index (χ4v) is 3.34. The monoisotopic (exact) mass is 294 g/mol. The number of halogens is 2. The van der Waals surface area contributed by atoms with Crippen LogP contribution in [-0.2, 0) is 6.54 Å². The van der Waals surface area contributed by atoms with E-state index in [1.54, 1.807) is 11.3 Å². The molecule has 1 fully saturated rings. The second-order valence-corrected chi connectivity index (χ2v) is 6.04. The molecule has 2 rings (SSSR count).